The highest BCUT2D eigenvalue weighted by molar-refractivity contribution is 7.86. The zero-order chi connectivity index (χ0) is 23.9. The molecule has 35 heavy (non-hydrogen) atoms. The second-order valence-corrected chi connectivity index (χ2v) is 9.36. The Balaban J connectivity index is 0.00000342. The van der Waals surface area contributed by atoms with Gasteiger partial charge in [0.25, 0.3) is 0 Å². The van der Waals surface area contributed by atoms with Crippen molar-refractivity contribution >= 4 is 51.6 Å². The Morgan fingerprint density at radius 2 is 1.43 bits per heavy atom. The van der Waals surface area contributed by atoms with E-state index in [1.54, 1.807) is 42.5 Å². The zero-order valence-electron chi connectivity index (χ0n) is 18.4. The standard InChI is InChI=1S/C26H21Cl2N3O2S.H2O/c27-23-15-10-18(16-24(23)28)17-29-26(32)30-20-11-13-21(14-12-20)31-34(33)25-9-5-4-8-22(25)19-6-2-1-3-7-19;/h1-16,31H,17H2,(H2,29,30,32);1H2. The van der Waals surface area contributed by atoms with Crippen LogP contribution in [0.5, 0.6) is 0 Å². The van der Waals surface area contributed by atoms with Gasteiger partial charge in [-0.15, -0.1) is 0 Å². The first-order chi connectivity index (χ1) is 16.5. The van der Waals surface area contributed by atoms with Gasteiger partial charge in [0.15, 0.2) is 11.0 Å². The first-order valence-corrected chi connectivity index (χ1v) is 12.3. The van der Waals surface area contributed by atoms with E-state index in [0.29, 0.717) is 32.9 Å². The molecule has 6 nitrogen and oxygen atoms in total. The molecule has 0 saturated carbocycles. The molecule has 0 aliphatic heterocycles. The minimum Gasteiger partial charge on any atom is -0.412 e. The van der Waals surface area contributed by atoms with Crippen LogP contribution in [0.3, 0.4) is 0 Å². The first-order valence-electron chi connectivity index (χ1n) is 10.4. The topological polar surface area (TPSA) is 102 Å². The quantitative estimate of drug-likeness (QED) is 0.263. The number of hydrogen-bond acceptors (Lipinski definition) is 2. The Bertz CT molecular complexity index is 1320. The fraction of sp³-hybridized carbons (Fsp3) is 0.0385. The molecule has 0 heterocycles. The highest BCUT2D eigenvalue weighted by Crippen LogP contribution is 2.27. The molecule has 0 saturated heterocycles. The number of urea groups is 1. The lowest BCUT2D eigenvalue weighted by Crippen LogP contribution is -2.28. The molecule has 0 radical (unpaired) electrons. The zero-order valence-corrected chi connectivity index (χ0v) is 20.8. The average Bonchev–Trinajstić information content (AvgIpc) is 2.86. The van der Waals surface area contributed by atoms with Crippen molar-refractivity contribution in [2.24, 2.45) is 0 Å². The van der Waals surface area contributed by atoms with Gasteiger partial charge in [0.05, 0.1) is 14.9 Å². The third kappa shape index (κ3) is 7.07. The monoisotopic (exact) mass is 527 g/mol. The molecule has 0 bridgehead atoms. The van der Waals surface area contributed by atoms with Crippen LogP contribution in [0.25, 0.3) is 11.1 Å². The molecule has 0 spiro atoms. The largest absolute Gasteiger partial charge is 0.412 e. The maximum absolute atomic E-state index is 13.0. The Hall–Kier alpha value is -3.36. The Labute approximate surface area is 216 Å². The number of benzene rings is 4. The van der Waals surface area contributed by atoms with Crippen molar-refractivity contribution in [1.29, 1.82) is 0 Å². The van der Waals surface area contributed by atoms with Crippen LogP contribution in [0.2, 0.25) is 10.0 Å². The second-order valence-electron chi connectivity index (χ2n) is 7.37. The maximum Gasteiger partial charge on any atom is 0.319 e. The summed E-state index contributed by atoms with van der Waals surface area (Å²) in [7, 11) is -1.46. The summed E-state index contributed by atoms with van der Waals surface area (Å²) >= 11 is 11.9. The minimum atomic E-state index is -1.46. The molecule has 5 N–H and O–H groups in total. The molecule has 0 aliphatic carbocycles. The van der Waals surface area contributed by atoms with Crippen LogP contribution < -0.4 is 15.4 Å². The van der Waals surface area contributed by atoms with Gasteiger partial charge in [0, 0.05) is 17.9 Å². The van der Waals surface area contributed by atoms with Crippen molar-refractivity contribution in [2.75, 3.05) is 10.0 Å². The van der Waals surface area contributed by atoms with E-state index in [4.69, 9.17) is 23.2 Å². The molecule has 4 aromatic carbocycles. The normalized spacial score (nSPS) is 11.1. The molecule has 0 fully saturated rings. The molecule has 2 amide bonds. The van der Waals surface area contributed by atoms with Crippen molar-refractivity contribution in [2.45, 2.75) is 11.4 Å². The van der Waals surface area contributed by atoms with E-state index in [0.717, 1.165) is 16.7 Å². The maximum atomic E-state index is 13.0. The summed E-state index contributed by atoms with van der Waals surface area (Å²) in [5.74, 6) is 0. The van der Waals surface area contributed by atoms with Crippen LogP contribution >= 0.6 is 23.2 Å². The van der Waals surface area contributed by atoms with E-state index in [-0.39, 0.29) is 11.5 Å². The molecule has 0 aliphatic rings. The Kier molecular flexibility index (Phi) is 9.28. The predicted octanol–water partition coefficient (Wildman–Crippen LogP) is 6.29. The van der Waals surface area contributed by atoms with Gasteiger partial charge in [-0.1, -0.05) is 77.8 Å². The van der Waals surface area contributed by atoms with Gasteiger partial charge in [0.2, 0.25) is 0 Å². The lowest BCUT2D eigenvalue weighted by atomic mass is 10.1. The van der Waals surface area contributed by atoms with Crippen molar-refractivity contribution in [3.63, 3.8) is 0 Å². The van der Waals surface area contributed by atoms with E-state index in [1.165, 1.54) is 0 Å². The van der Waals surface area contributed by atoms with Gasteiger partial charge in [-0.3, -0.25) is 0 Å². The van der Waals surface area contributed by atoms with Gasteiger partial charge in [-0.25, -0.2) is 9.00 Å². The number of carbonyl (C=O) groups excluding carboxylic acids is 1. The van der Waals surface area contributed by atoms with Crippen molar-refractivity contribution in [3.8, 4) is 11.1 Å². The van der Waals surface area contributed by atoms with Crippen LogP contribution in [-0.2, 0) is 17.5 Å². The van der Waals surface area contributed by atoms with Crippen molar-refractivity contribution < 1.29 is 14.5 Å². The van der Waals surface area contributed by atoms with Gasteiger partial charge < -0.3 is 20.8 Å². The molecule has 4 rings (SSSR count). The Morgan fingerprint density at radius 1 is 0.771 bits per heavy atom. The van der Waals surface area contributed by atoms with Crippen LogP contribution in [0.15, 0.2) is 102 Å². The second kappa shape index (κ2) is 12.4. The van der Waals surface area contributed by atoms with E-state index < -0.39 is 11.0 Å². The summed E-state index contributed by atoms with van der Waals surface area (Å²) in [6.07, 6.45) is 0. The van der Waals surface area contributed by atoms with Gasteiger partial charge in [-0.2, -0.15) is 0 Å². The summed E-state index contributed by atoms with van der Waals surface area (Å²) in [4.78, 5) is 12.9. The molecular formula is C26H23Cl2N3O3S. The fourth-order valence-electron chi connectivity index (χ4n) is 3.28. The van der Waals surface area contributed by atoms with E-state index in [1.807, 2.05) is 54.6 Å². The highest BCUT2D eigenvalue weighted by Gasteiger charge is 2.11. The molecular weight excluding hydrogens is 505 g/mol. The van der Waals surface area contributed by atoms with Crippen LogP contribution in [-0.4, -0.2) is 15.7 Å². The highest BCUT2D eigenvalue weighted by atomic mass is 35.5. The van der Waals surface area contributed by atoms with E-state index in [2.05, 4.69) is 15.4 Å². The number of anilines is 2. The lowest BCUT2D eigenvalue weighted by Gasteiger charge is -2.12. The lowest BCUT2D eigenvalue weighted by molar-refractivity contribution is 0.251. The summed E-state index contributed by atoms with van der Waals surface area (Å²) in [6, 6.07) is 29.3. The number of hydrogen-bond donors (Lipinski definition) is 3. The van der Waals surface area contributed by atoms with Crippen LogP contribution in [0.1, 0.15) is 5.56 Å². The Morgan fingerprint density at radius 3 is 2.14 bits per heavy atom. The predicted molar refractivity (Wildman–Crippen MR) is 144 cm³/mol. The van der Waals surface area contributed by atoms with Crippen LogP contribution in [0.4, 0.5) is 16.2 Å². The van der Waals surface area contributed by atoms with E-state index in [9.17, 15) is 9.00 Å². The smallest absolute Gasteiger partial charge is 0.319 e. The number of rotatable bonds is 7. The van der Waals surface area contributed by atoms with Crippen molar-refractivity contribution in [1.82, 2.24) is 5.32 Å². The third-order valence-electron chi connectivity index (χ3n) is 4.96. The van der Waals surface area contributed by atoms with Gasteiger partial charge in [0.1, 0.15) is 0 Å². The number of halogens is 2. The number of nitrogens with one attached hydrogen (secondary N) is 3. The minimum absolute atomic E-state index is 0. The molecule has 9 heteroatoms. The van der Waals surface area contributed by atoms with Gasteiger partial charge in [-0.05, 0) is 59.2 Å². The van der Waals surface area contributed by atoms with Crippen molar-refractivity contribution in [3.05, 3.63) is 113 Å². The molecule has 1 atom stereocenters. The average molecular weight is 528 g/mol. The summed E-state index contributed by atoms with van der Waals surface area (Å²) in [5, 5.41) is 6.44. The molecule has 180 valence electrons. The summed E-state index contributed by atoms with van der Waals surface area (Å²) < 4.78 is 16.1. The number of carbonyl (C=O) groups is 1. The fourth-order valence-corrected chi connectivity index (χ4v) is 4.64. The van der Waals surface area contributed by atoms with Crippen LogP contribution in [0, 0.1) is 0 Å². The molecule has 4 aromatic rings. The summed E-state index contributed by atoms with van der Waals surface area (Å²) in [6.45, 7) is 0.308. The number of amides is 2. The molecule has 1 unspecified atom stereocenters. The molecule has 0 aromatic heterocycles. The SMILES string of the molecule is O.O=C(NCc1ccc(Cl)c(Cl)c1)Nc1ccc(NS(=O)c2ccccc2-c2ccccc2)cc1. The summed E-state index contributed by atoms with van der Waals surface area (Å²) in [5.41, 5.74) is 4.02. The van der Waals surface area contributed by atoms with E-state index >= 15 is 0 Å². The first kappa shape index (κ1) is 26.2. The third-order valence-corrected chi connectivity index (χ3v) is 6.88. The van der Waals surface area contributed by atoms with Gasteiger partial charge >= 0.3 is 6.03 Å².